The topological polar surface area (TPSA) is 57.0 Å². The van der Waals surface area contributed by atoms with Crippen LogP contribution in [0.5, 0.6) is 0 Å². The Hall–Kier alpha value is -2.14. The number of rotatable bonds is 3. The lowest BCUT2D eigenvalue weighted by atomic mass is 10.3. The standard InChI is InChI=1S/C12H10ClN3O2/c1-18-12(17)7-4-10-8-16(15-14-10)11-5-2-9(13)3-6-11/h2-8H,1H3/b7-4-. The first-order chi connectivity index (χ1) is 8.69. The van der Waals surface area contributed by atoms with Gasteiger partial charge < -0.3 is 4.74 Å². The number of esters is 1. The van der Waals surface area contributed by atoms with Crippen LogP contribution in [0.4, 0.5) is 0 Å². The molecule has 0 unspecified atom stereocenters. The molecule has 1 aromatic heterocycles. The second-order valence-electron chi connectivity index (χ2n) is 3.42. The summed E-state index contributed by atoms with van der Waals surface area (Å²) in [5.74, 6) is -0.434. The van der Waals surface area contributed by atoms with Crippen molar-refractivity contribution in [2.24, 2.45) is 0 Å². The third-order valence-electron chi connectivity index (χ3n) is 2.19. The zero-order valence-corrected chi connectivity index (χ0v) is 10.3. The van der Waals surface area contributed by atoms with Gasteiger partial charge in [-0.2, -0.15) is 0 Å². The Labute approximate surface area is 109 Å². The second-order valence-corrected chi connectivity index (χ2v) is 3.86. The van der Waals surface area contributed by atoms with E-state index in [1.54, 1.807) is 23.0 Å². The summed E-state index contributed by atoms with van der Waals surface area (Å²) in [5, 5.41) is 8.50. The lowest BCUT2D eigenvalue weighted by Crippen LogP contribution is -1.93. The summed E-state index contributed by atoms with van der Waals surface area (Å²) in [6.07, 6.45) is 4.52. The van der Waals surface area contributed by atoms with Crippen molar-refractivity contribution in [3.8, 4) is 5.69 Å². The summed E-state index contributed by atoms with van der Waals surface area (Å²) < 4.78 is 6.07. The largest absolute Gasteiger partial charge is 0.466 e. The molecule has 1 aromatic carbocycles. The molecule has 1 heterocycles. The predicted molar refractivity (Wildman–Crippen MR) is 67.4 cm³/mol. The molecular formula is C12H10ClN3O2. The van der Waals surface area contributed by atoms with E-state index in [0.717, 1.165) is 5.69 Å². The quantitative estimate of drug-likeness (QED) is 0.629. The molecule has 5 nitrogen and oxygen atoms in total. The fourth-order valence-corrected chi connectivity index (χ4v) is 1.42. The van der Waals surface area contributed by atoms with Gasteiger partial charge in [0.1, 0.15) is 5.69 Å². The zero-order chi connectivity index (χ0) is 13.0. The lowest BCUT2D eigenvalue weighted by Gasteiger charge is -1.98. The van der Waals surface area contributed by atoms with Crippen LogP contribution in [0.25, 0.3) is 11.8 Å². The predicted octanol–water partition coefficient (Wildman–Crippen LogP) is 2.11. The van der Waals surface area contributed by atoms with Gasteiger partial charge in [0.25, 0.3) is 0 Å². The Morgan fingerprint density at radius 3 is 2.78 bits per heavy atom. The lowest BCUT2D eigenvalue weighted by molar-refractivity contribution is -0.134. The van der Waals surface area contributed by atoms with E-state index in [4.69, 9.17) is 11.6 Å². The van der Waals surface area contributed by atoms with E-state index in [9.17, 15) is 4.79 Å². The normalized spacial score (nSPS) is 10.8. The number of carbonyl (C=O) groups is 1. The molecule has 0 atom stereocenters. The minimum absolute atomic E-state index is 0.434. The number of hydrogen-bond donors (Lipinski definition) is 0. The summed E-state index contributed by atoms with van der Waals surface area (Å²) in [5.41, 5.74) is 1.40. The fraction of sp³-hybridized carbons (Fsp3) is 0.0833. The molecule has 0 amide bonds. The van der Waals surface area contributed by atoms with E-state index < -0.39 is 5.97 Å². The van der Waals surface area contributed by atoms with Crippen molar-refractivity contribution in [2.75, 3.05) is 7.11 Å². The minimum atomic E-state index is -0.434. The van der Waals surface area contributed by atoms with Gasteiger partial charge in [0.2, 0.25) is 0 Å². The maximum atomic E-state index is 10.9. The summed E-state index contributed by atoms with van der Waals surface area (Å²) in [7, 11) is 1.32. The molecule has 0 bridgehead atoms. The van der Waals surface area contributed by atoms with Crippen LogP contribution in [0.2, 0.25) is 5.02 Å². The van der Waals surface area contributed by atoms with Crippen LogP contribution in [0.3, 0.4) is 0 Å². The second kappa shape index (κ2) is 5.46. The number of benzene rings is 1. The van der Waals surface area contributed by atoms with Crippen LogP contribution in [-0.2, 0) is 9.53 Å². The van der Waals surface area contributed by atoms with Crippen molar-refractivity contribution in [1.29, 1.82) is 0 Å². The fourth-order valence-electron chi connectivity index (χ4n) is 1.29. The summed E-state index contributed by atoms with van der Waals surface area (Å²) in [6.45, 7) is 0. The Bertz CT molecular complexity index is 575. The Morgan fingerprint density at radius 2 is 2.11 bits per heavy atom. The highest BCUT2D eigenvalue weighted by molar-refractivity contribution is 6.30. The van der Waals surface area contributed by atoms with Gasteiger partial charge in [-0.3, -0.25) is 0 Å². The number of hydrogen-bond acceptors (Lipinski definition) is 4. The molecule has 0 saturated heterocycles. The number of carbonyl (C=O) groups excluding carboxylic acids is 1. The molecule has 2 rings (SSSR count). The molecule has 0 N–H and O–H groups in total. The van der Waals surface area contributed by atoms with Gasteiger partial charge in [0.05, 0.1) is 19.0 Å². The van der Waals surface area contributed by atoms with E-state index in [2.05, 4.69) is 15.0 Å². The molecule has 0 fully saturated rings. The van der Waals surface area contributed by atoms with Gasteiger partial charge in [0.15, 0.2) is 0 Å². The molecule has 0 saturated carbocycles. The maximum absolute atomic E-state index is 10.9. The third kappa shape index (κ3) is 2.95. The van der Waals surface area contributed by atoms with Crippen LogP contribution in [0.1, 0.15) is 5.69 Å². The van der Waals surface area contributed by atoms with Crippen LogP contribution < -0.4 is 0 Å². The molecule has 0 aliphatic rings. The first-order valence-electron chi connectivity index (χ1n) is 5.13. The average molecular weight is 264 g/mol. The van der Waals surface area contributed by atoms with Gasteiger partial charge >= 0.3 is 5.97 Å². The molecule has 18 heavy (non-hydrogen) atoms. The molecule has 2 aromatic rings. The van der Waals surface area contributed by atoms with Crippen molar-refractivity contribution in [3.05, 3.63) is 47.3 Å². The molecule has 0 spiro atoms. The highest BCUT2D eigenvalue weighted by Crippen LogP contribution is 2.12. The van der Waals surface area contributed by atoms with Gasteiger partial charge in [0, 0.05) is 11.1 Å². The molecule has 6 heteroatoms. The number of aromatic nitrogens is 3. The van der Waals surface area contributed by atoms with Crippen molar-refractivity contribution < 1.29 is 9.53 Å². The van der Waals surface area contributed by atoms with Gasteiger partial charge in [-0.1, -0.05) is 16.8 Å². The molecule has 0 aliphatic carbocycles. The van der Waals surface area contributed by atoms with E-state index in [1.165, 1.54) is 19.3 Å². The maximum Gasteiger partial charge on any atom is 0.330 e. The van der Waals surface area contributed by atoms with Crippen LogP contribution in [0, 0.1) is 0 Å². The highest BCUT2D eigenvalue weighted by Gasteiger charge is 2.01. The summed E-state index contributed by atoms with van der Waals surface area (Å²) in [6, 6.07) is 7.18. The molecular weight excluding hydrogens is 254 g/mol. The Balaban J connectivity index is 2.18. The average Bonchev–Trinajstić information content (AvgIpc) is 2.85. The first kappa shape index (κ1) is 12.3. The minimum Gasteiger partial charge on any atom is -0.466 e. The summed E-state index contributed by atoms with van der Waals surface area (Å²) >= 11 is 5.80. The van der Waals surface area contributed by atoms with E-state index >= 15 is 0 Å². The first-order valence-corrected chi connectivity index (χ1v) is 5.51. The van der Waals surface area contributed by atoms with Crippen molar-refractivity contribution >= 4 is 23.6 Å². The molecule has 92 valence electrons. The van der Waals surface area contributed by atoms with Gasteiger partial charge in [-0.05, 0) is 30.3 Å². The monoisotopic (exact) mass is 263 g/mol. The van der Waals surface area contributed by atoms with E-state index in [0.29, 0.717) is 10.7 Å². The van der Waals surface area contributed by atoms with Crippen LogP contribution in [0.15, 0.2) is 36.5 Å². The summed E-state index contributed by atoms with van der Waals surface area (Å²) in [4.78, 5) is 10.9. The molecule has 0 radical (unpaired) electrons. The van der Waals surface area contributed by atoms with Crippen molar-refractivity contribution in [1.82, 2.24) is 15.0 Å². The highest BCUT2D eigenvalue weighted by atomic mass is 35.5. The number of halogens is 1. The van der Waals surface area contributed by atoms with Crippen LogP contribution in [-0.4, -0.2) is 28.1 Å². The van der Waals surface area contributed by atoms with Crippen molar-refractivity contribution in [2.45, 2.75) is 0 Å². The third-order valence-corrected chi connectivity index (χ3v) is 2.45. The molecule has 0 aliphatic heterocycles. The Morgan fingerprint density at radius 1 is 1.39 bits per heavy atom. The SMILES string of the molecule is COC(=O)/C=C\c1cn(-c2ccc(Cl)cc2)nn1. The smallest absolute Gasteiger partial charge is 0.330 e. The van der Waals surface area contributed by atoms with E-state index in [1.807, 2.05) is 12.1 Å². The van der Waals surface area contributed by atoms with Gasteiger partial charge in [-0.25, -0.2) is 9.48 Å². The number of ether oxygens (including phenoxy) is 1. The van der Waals surface area contributed by atoms with Gasteiger partial charge in [-0.15, -0.1) is 5.10 Å². The van der Waals surface area contributed by atoms with Crippen molar-refractivity contribution in [3.63, 3.8) is 0 Å². The number of nitrogens with zero attached hydrogens (tertiary/aromatic N) is 3. The van der Waals surface area contributed by atoms with Crippen LogP contribution >= 0.6 is 11.6 Å². The van der Waals surface area contributed by atoms with E-state index in [-0.39, 0.29) is 0 Å². The Kier molecular flexibility index (Phi) is 3.74. The number of methoxy groups -OCH3 is 1. The zero-order valence-electron chi connectivity index (χ0n) is 9.58.